The first-order chi connectivity index (χ1) is 8.86. The average molecular weight is 273 g/mol. The van der Waals surface area contributed by atoms with Gasteiger partial charge < -0.3 is 14.8 Å². The molecule has 0 spiro atoms. The Morgan fingerprint density at radius 2 is 2.11 bits per heavy atom. The van der Waals surface area contributed by atoms with Crippen LogP contribution in [0.2, 0.25) is 0 Å². The van der Waals surface area contributed by atoms with Gasteiger partial charge in [-0.05, 0) is 12.1 Å². The zero-order chi connectivity index (χ0) is 14.0. The Kier molecular flexibility index (Phi) is 3.11. The molecule has 0 aliphatic heterocycles. The lowest BCUT2D eigenvalue weighted by atomic mass is 10.3. The quantitative estimate of drug-likeness (QED) is 0.893. The molecule has 2 aromatic heterocycles. The van der Waals surface area contributed by atoms with Crippen molar-refractivity contribution in [1.29, 1.82) is 0 Å². The van der Waals surface area contributed by atoms with E-state index in [-0.39, 0.29) is 17.4 Å². The Morgan fingerprint density at radius 1 is 1.37 bits per heavy atom. The van der Waals surface area contributed by atoms with E-state index in [1.165, 1.54) is 0 Å². The number of aromatic nitrogens is 2. The Labute approximate surface area is 103 Å². The van der Waals surface area contributed by atoms with Gasteiger partial charge in [0, 0.05) is 0 Å². The van der Waals surface area contributed by atoms with E-state index < -0.39 is 17.8 Å². The van der Waals surface area contributed by atoms with Crippen LogP contribution in [-0.2, 0) is 6.18 Å². The number of carboxylic acid groups (broad SMARTS) is 1. The van der Waals surface area contributed by atoms with Crippen LogP contribution in [0, 0.1) is 0 Å². The second kappa shape index (κ2) is 4.59. The number of hydrogen-bond donors (Lipinski definition) is 2. The molecule has 0 atom stereocenters. The van der Waals surface area contributed by atoms with E-state index in [9.17, 15) is 18.0 Å². The largest absolute Gasteiger partial charge is 0.476 e. The topological polar surface area (TPSA) is 88.2 Å². The normalized spacial score (nSPS) is 11.3. The molecule has 0 aliphatic rings. The van der Waals surface area contributed by atoms with Crippen molar-refractivity contribution in [3.8, 4) is 0 Å². The van der Waals surface area contributed by atoms with Crippen LogP contribution in [0.5, 0.6) is 0 Å². The molecule has 0 amide bonds. The van der Waals surface area contributed by atoms with E-state index >= 15 is 0 Å². The predicted octanol–water partition coefficient (Wildman–Crippen LogP) is 2.53. The number of carbonyl (C=O) groups is 1. The molecule has 0 saturated carbocycles. The molecule has 2 rings (SSSR count). The molecular weight excluding hydrogens is 267 g/mol. The van der Waals surface area contributed by atoms with Gasteiger partial charge >= 0.3 is 12.1 Å². The number of halogens is 3. The average Bonchev–Trinajstić information content (AvgIpc) is 2.77. The van der Waals surface area contributed by atoms with E-state index in [0.717, 1.165) is 24.6 Å². The Morgan fingerprint density at radius 3 is 2.58 bits per heavy atom. The summed E-state index contributed by atoms with van der Waals surface area (Å²) in [6.07, 6.45) is -2.67. The summed E-state index contributed by atoms with van der Waals surface area (Å²) in [5, 5.41) is 11.1. The maximum Gasteiger partial charge on any atom is 0.433 e. The lowest BCUT2D eigenvalue weighted by Crippen LogP contribution is -2.07. The molecule has 2 aromatic rings. The molecule has 6 nitrogen and oxygen atoms in total. The van der Waals surface area contributed by atoms with Crippen LogP contribution in [0.25, 0.3) is 0 Å². The monoisotopic (exact) mass is 273 g/mol. The number of oxazole rings is 1. The zero-order valence-electron chi connectivity index (χ0n) is 9.10. The molecule has 9 heteroatoms. The minimum absolute atomic E-state index is 0.154. The summed E-state index contributed by atoms with van der Waals surface area (Å²) in [5.41, 5.74) is -1.16. The minimum atomic E-state index is -4.52. The summed E-state index contributed by atoms with van der Waals surface area (Å²) in [7, 11) is 0. The van der Waals surface area contributed by atoms with Crippen molar-refractivity contribution in [2.45, 2.75) is 6.18 Å². The number of nitrogens with zero attached hydrogens (tertiary/aromatic N) is 2. The minimum Gasteiger partial charge on any atom is -0.476 e. The Balaban J connectivity index is 2.13. The van der Waals surface area contributed by atoms with E-state index in [1.54, 1.807) is 0 Å². The summed E-state index contributed by atoms with van der Waals surface area (Å²) < 4.78 is 41.6. The van der Waals surface area contributed by atoms with Gasteiger partial charge in [-0.2, -0.15) is 18.2 Å². The zero-order valence-corrected chi connectivity index (χ0v) is 9.10. The van der Waals surface area contributed by atoms with Gasteiger partial charge in [-0.15, -0.1) is 0 Å². The van der Waals surface area contributed by atoms with Crippen molar-refractivity contribution >= 4 is 17.7 Å². The molecule has 2 heterocycles. The van der Waals surface area contributed by atoms with Crippen LogP contribution in [0.1, 0.15) is 16.2 Å². The smallest absolute Gasteiger partial charge is 0.433 e. The van der Waals surface area contributed by atoms with Crippen molar-refractivity contribution in [3.63, 3.8) is 0 Å². The van der Waals surface area contributed by atoms with Crippen molar-refractivity contribution < 1.29 is 27.5 Å². The van der Waals surface area contributed by atoms with Gasteiger partial charge in [0.1, 0.15) is 12.0 Å². The van der Waals surface area contributed by atoms with Crippen LogP contribution in [0.15, 0.2) is 29.0 Å². The highest BCUT2D eigenvalue weighted by Gasteiger charge is 2.32. The van der Waals surface area contributed by atoms with Crippen LogP contribution in [-0.4, -0.2) is 21.0 Å². The molecule has 0 radical (unpaired) electrons. The Hall–Kier alpha value is -2.58. The number of carboxylic acids is 1. The van der Waals surface area contributed by atoms with E-state index in [1.807, 2.05) is 0 Å². The van der Waals surface area contributed by atoms with Crippen LogP contribution in [0.4, 0.5) is 24.9 Å². The number of rotatable bonds is 3. The predicted molar refractivity (Wildman–Crippen MR) is 56.0 cm³/mol. The summed E-state index contributed by atoms with van der Waals surface area (Å²) in [5.74, 6) is -1.28. The van der Waals surface area contributed by atoms with Crippen molar-refractivity contribution in [3.05, 3.63) is 36.0 Å². The van der Waals surface area contributed by atoms with Gasteiger partial charge in [-0.1, -0.05) is 0 Å². The summed E-state index contributed by atoms with van der Waals surface area (Å²) >= 11 is 0. The van der Waals surface area contributed by atoms with Crippen LogP contribution >= 0.6 is 0 Å². The summed E-state index contributed by atoms with van der Waals surface area (Å²) in [4.78, 5) is 17.3. The molecule has 0 unspecified atom stereocenters. The van der Waals surface area contributed by atoms with E-state index in [0.29, 0.717) is 0 Å². The molecular formula is C10H6F3N3O3. The number of anilines is 2. The second-order valence-corrected chi connectivity index (χ2v) is 3.40. The molecule has 0 aliphatic carbocycles. The highest BCUT2D eigenvalue weighted by molar-refractivity contribution is 5.85. The van der Waals surface area contributed by atoms with Gasteiger partial charge in [-0.25, -0.2) is 9.78 Å². The van der Waals surface area contributed by atoms with Crippen LogP contribution < -0.4 is 5.32 Å². The third-order valence-electron chi connectivity index (χ3n) is 2.03. The fraction of sp³-hybridized carbons (Fsp3) is 0.100. The number of alkyl halides is 3. The number of hydrogen-bond acceptors (Lipinski definition) is 5. The number of nitrogens with one attached hydrogen (secondary N) is 1. The second-order valence-electron chi connectivity index (χ2n) is 3.40. The van der Waals surface area contributed by atoms with Gasteiger partial charge in [0.05, 0.1) is 11.9 Å². The first kappa shape index (κ1) is 12.9. The lowest BCUT2D eigenvalue weighted by molar-refractivity contribution is -0.141. The highest BCUT2D eigenvalue weighted by atomic mass is 19.4. The van der Waals surface area contributed by atoms with Crippen molar-refractivity contribution in [2.24, 2.45) is 0 Å². The summed E-state index contributed by atoms with van der Waals surface area (Å²) in [6, 6.07) is 1.75. The first-order valence-corrected chi connectivity index (χ1v) is 4.85. The molecule has 100 valence electrons. The van der Waals surface area contributed by atoms with E-state index in [2.05, 4.69) is 15.3 Å². The van der Waals surface area contributed by atoms with Gasteiger partial charge in [0.25, 0.3) is 6.01 Å². The highest BCUT2D eigenvalue weighted by Crippen LogP contribution is 2.28. The van der Waals surface area contributed by atoms with E-state index in [4.69, 9.17) is 9.52 Å². The van der Waals surface area contributed by atoms with Gasteiger partial charge in [-0.3, -0.25) is 0 Å². The lowest BCUT2D eigenvalue weighted by Gasteiger charge is -2.06. The van der Waals surface area contributed by atoms with Crippen molar-refractivity contribution in [1.82, 2.24) is 9.97 Å². The maximum atomic E-state index is 12.3. The third kappa shape index (κ3) is 3.00. The van der Waals surface area contributed by atoms with Gasteiger partial charge in [0.15, 0.2) is 5.69 Å². The fourth-order valence-corrected chi connectivity index (χ4v) is 1.19. The molecule has 0 aromatic carbocycles. The number of pyridine rings is 1. The maximum absolute atomic E-state index is 12.3. The molecule has 2 N–H and O–H groups in total. The molecule has 0 saturated heterocycles. The summed E-state index contributed by atoms with van der Waals surface area (Å²) in [6.45, 7) is 0. The number of aromatic carboxylic acids is 1. The van der Waals surface area contributed by atoms with Gasteiger partial charge in [0.2, 0.25) is 0 Å². The third-order valence-corrected chi connectivity index (χ3v) is 2.03. The standard InChI is InChI=1S/C10H6F3N3O3/c11-10(12,13)7-2-1-5(3-14-7)15-9-16-6(4-19-9)8(17)18/h1-4H,(H,15,16)(H,17,18). The SMILES string of the molecule is O=C(O)c1coc(Nc2ccc(C(F)(F)F)nc2)n1. The Bertz CT molecular complexity index is 592. The molecule has 0 bridgehead atoms. The van der Waals surface area contributed by atoms with Crippen molar-refractivity contribution in [2.75, 3.05) is 5.32 Å². The molecule has 19 heavy (non-hydrogen) atoms. The first-order valence-electron chi connectivity index (χ1n) is 4.85. The van der Waals surface area contributed by atoms with Crippen LogP contribution in [0.3, 0.4) is 0 Å². The fourth-order valence-electron chi connectivity index (χ4n) is 1.19. The molecule has 0 fully saturated rings.